The highest BCUT2D eigenvalue weighted by Crippen LogP contribution is 2.34. The van der Waals surface area contributed by atoms with E-state index in [2.05, 4.69) is 29.6 Å². The van der Waals surface area contributed by atoms with Crippen molar-refractivity contribution in [1.82, 2.24) is 5.32 Å². The second-order valence-electron chi connectivity index (χ2n) is 4.91. The third-order valence-corrected chi connectivity index (χ3v) is 3.90. The standard InChI is InChI=1S/C14H19NO/c1-2-6-13-11(4-1)8-15-9-14(13)12-5-3-7-16-10-12/h1-2,4,6,12,14-15H,3,5,7-10H2. The molecule has 2 nitrogen and oxygen atoms in total. The molecule has 0 spiro atoms. The number of hydrogen-bond acceptors (Lipinski definition) is 2. The summed E-state index contributed by atoms with van der Waals surface area (Å²) >= 11 is 0. The minimum Gasteiger partial charge on any atom is -0.381 e. The second kappa shape index (κ2) is 4.56. The highest BCUT2D eigenvalue weighted by Gasteiger charge is 2.28. The normalized spacial score (nSPS) is 29.8. The van der Waals surface area contributed by atoms with Crippen molar-refractivity contribution in [3.05, 3.63) is 35.4 Å². The molecular weight excluding hydrogens is 198 g/mol. The SMILES string of the molecule is c1ccc2c(c1)CNCC2C1CCCOC1. The molecule has 0 bridgehead atoms. The molecule has 0 radical (unpaired) electrons. The fourth-order valence-electron chi connectivity index (χ4n) is 3.03. The smallest absolute Gasteiger partial charge is 0.0500 e. The van der Waals surface area contributed by atoms with Gasteiger partial charge in [0.15, 0.2) is 0 Å². The van der Waals surface area contributed by atoms with Gasteiger partial charge in [-0.15, -0.1) is 0 Å². The molecule has 1 aromatic rings. The van der Waals surface area contributed by atoms with Crippen molar-refractivity contribution in [3.63, 3.8) is 0 Å². The summed E-state index contributed by atoms with van der Waals surface area (Å²) in [5, 5.41) is 3.53. The van der Waals surface area contributed by atoms with Gasteiger partial charge in [-0.25, -0.2) is 0 Å². The Bertz CT molecular complexity index is 358. The number of nitrogens with one attached hydrogen (secondary N) is 1. The number of benzene rings is 1. The van der Waals surface area contributed by atoms with Crippen molar-refractivity contribution >= 4 is 0 Å². The molecule has 1 saturated heterocycles. The van der Waals surface area contributed by atoms with Gasteiger partial charge in [0.1, 0.15) is 0 Å². The molecule has 1 fully saturated rings. The Labute approximate surface area is 97.0 Å². The molecule has 2 atom stereocenters. The third kappa shape index (κ3) is 1.87. The van der Waals surface area contributed by atoms with Crippen LogP contribution in [0.2, 0.25) is 0 Å². The Morgan fingerprint density at radius 1 is 1.25 bits per heavy atom. The maximum Gasteiger partial charge on any atom is 0.0500 e. The molecule has 0 saturated carbocycles. The summed E-state index contributed by atoms with van der Waals surface area (Å²) in [5.41, 5.74) is 3.03. The highest BCUT2D eigenvalue weighted by atomic mass is 16.5. The number of ether oxygens (including phenoxy) is 1. The fourth-order valence-corrected chi connectivity index (χ4v) is 3.03. The Morgan fingerprint density at radius 3 is 3.06 bits per heavy atom. The molecule has 2 heteroatoms. The van der Waals surface area contributed by atoms with Gasteiger partial charge in [0.25, 0.3) is 0 Å². The van der Waals surface area contributed by atoms with Gasteiger partial charge in [0.05, 0.1) is 6.61 Å². The van der Waals surface area contributed by atoms with Crippen LogP contribution in [0.25, 0.3) is 0 Å². The van der Waals surface area contributed by atoms with Crippen LogP contribution in [-0.4, -0.2) is 19.8 Å². The van der Waals surface area contributed by atoms with Gasteiger partial charge in [-0.3, -0.25) is 0 Å². The lowest BCUT2D eigenvalue weighted by Gasteiger charge is -2.34. The lowest BCUT2D eigenvalue weighted by molar-refractivity contribution is 0.0429. The maximum absolute atomic E-state index is 5.62. The van der Waals surface area contributed by atoms with E-state index in [1.165, 1.54) is 18.4 Å². The molecular formula is C14H19NO. The largest absolute Gasteiger partial charge is 0.381 e. The number of hydrogen-bond donors (Lipinski definition) is 1. The van der Waals surface area contributed by atoms with Crippen molar-refractivity contribution in [2.24, 2.45) is 5.92 Å². The molecule has 86 valence electrons. The topological polar surface area (TPSA) is 21.3 Å². The van der Waals surface area contributed by atoms with Gasteiger partial charge in [-0.1, -0.05) is 24.3 Å². The van der Waals surface area contributed by atoms with E-state index in [-0.39, 0.29) is 0 Å². The zero-order chi connectivity index (χ0) is 10.8. The van der Waals surface area contributed by atoms with E-state index < -0.39 is 0 Å². The average molecular weight is 217 g/mol. The van der Waals surface area contributed by atoms with Crippen LogP contribution in [0.5, 0.6) is 0 Å². The lowest BCUT2D eigenvalue weighted by atomic mass is 9.79. The van der Waals surface area contributed by atoms with Crippen LogP contribution in [0.15, 0.2) is 24.3 Å². The Kier molecular flexibility index (Phi) is 2.94. The van der Waals surface area contributed by atoms with Gasteiger partial charge in [0, 0.05) is 25.6 Å². The first-order chi connectivity index (χ1) is 7.95. The summed E-state index contributed by atoms with van der Waals surface area (Å²) in [4.78, 5) is 0. The fraction of sp³-hybridized carbons (Fsp3) is 0.571. The molecule has 2 aliphatic heterocycles. The van der Waals surface area contributed by atoms with Crippen LogP contribution in [0, 0.1) is 5.92 Å². The number of fused-ring (bicyclic) bond motifs is 1. The van der Waals surface area contributed by atoms with Crippen LogP contribution in [0.1, 0.15) is 29.9 Å². The van der Waals surface area contributed by atoms with Crippen molar-refractivity contribution in [2.75, 3.05) is 19.8 Å². The van der Waals surface area contributed by atoms with E-state index >= 15 is 0 Å². The molecule has 2 aliphatic rings. The zero-order valence-electron chi connectivity index (χ0n) is 9.61. The minimum absolute atomic E-state index is 0.658. The molecule has 0 aliphatic carbocycles. The van der Waals surface area contributed by atoms with E-state index in [9.17, 15) is 0 Å². The first kappa shape index (κ1) is 10.3. The van der Waals surface area contributed by atoms with E-state index in [4.69, 9.17) is 4.74 Å². The molecule has 2 unspecified atom stereocenters. The zero-order valence-corrected chi connectivity index (χ0v) is 9.61. The summed E-state index contributed by atoms with van der Waals surface area (Å²) in [5.74, 6) is 1.37. The van der Waals surface area contributed by atoms with Gasteiger partial charge in [-0.2, -0.15) is 0 Å². The van der Waals surface area contributed by atoms with E-state index in [1.54, 1.807) is 5.56 Å². The quantitative estimate of drug-likeness (QED) is 0.779. The third-order valence-electron chi connectivity index (χ3n) is 3.90. The minimum atomic E-state index is 0.658. The molecule has 16 heavy (non-hydrogen) atoms. The van der Waals surface area contributed by atoms with Crippen molar-refractivity contribution in [3.8, 4) is 0 Å². The number of rotatable bonds is 1. The van der Waals surface area contributed by atoms with Gasteiger partial charge >= 0.3 is 0 Å². The first-order valence-corrected chi connectivity index (χ1v) is 6.31. The van der Waals surface area contributed by atoms with Crippen LogP contribution in [0.3, 0.4) is 0 Å². The van der Waals surface area contributed by atoms with Gasteiger partial charge in [0.2, 0.25) is 0 Å². The summed E-state index contributed by atoms with van der Waals surface area (Å²) in [6, 6.07) is 8.86. The van der Waals surface area contributed by atoms with Gasteiger partial charge < -0.3 is 10.1 Å². The van der Waals surface area contributed by atoms with Crippen LogP contribution in [0.4, 0.5) is 0 Å². The Morgan fingerprint density at radius 2 is 2.19 bits per heavy atom. The van der Waals surface area contributed by atoms with Crippen molar-refractivity contribution in [1.29, 1.82) is 0 Å². The van der Waals surface area contributed by atoms with Crippen LogP contribution in [-0.2, 0) is 11.3 Å². The summed E-state index contributed by atoms with van der Waals surface area (Å²) < 4.78 is 5.62. The Balaban J connectivity index is 1.86. The second-order valence-corrected chi connectivity index (χ2v) is 4.91. The predicted molar refractivity (Wildman–Crippen MR) is 64.4 cm³/mol. The van der Waals surface area contributed by atoms with Crippen molar-refractivity contribution in [2.45, 2.75) is 25.3 Å². The summed E-state index contributed by atoms with van der Waals surface area (Å²) in [6.45, 7) is 4.05. The van der Waals surface area contributed by atoms with E-state index in [0.29, 0.717) is 11.8 Å². The molecule has 0 aromatic heterocycles. The highest BCUT2D eigenvalue weighted by molar-refractivity contribution is 5.33. The molecule has 1 aromatic carbocycles. The summed E-state index contributed by atoms with van der Waals surface area (Å²) in [6.07, 6.45) is 2.55. The average Bonchev–Trinajstić information content (AvgIpc) is 2.39. The molecule has 0 amide bonds. The molecule has 1 N–H and O–H groups in total. The van der Waals surface area contributed by atoms with E-state index in [1.807, 2.05) is 0 Å². The summed E-state index contributed by atoms with van der Waals surface area (Å²) in [7, 11) is 0. The maximum atomic E-state index is 5.62. The molecule has 3 rings (SSSR count). The monoisotopic (exact) mass is 217 g/mol. The van der Waals surface area contributed by atoms with Gasteiger partial charge in [-0.05, 0) is 29.9 Å². The predicted octanol–water partition coefficient (Wildman–Crippen LogP) is 2.30. The van der Waals surface area contributed by atoms with Crippen LogP contribution < -0.4 is 5.32 Å². The molecule has 2 heterocycles. The Hall–Kier alpha value is -0.860. The van der Waals surface area contributed by atoms with E-state index in [0.717, 1.165) is 26.3 Å². The van der Waals surface area contributed by atoms with Crippen LogP contribution >= 0.6 is 0 Å². The van der Waals surface area contributed by atoms with Crippen molar-refractivity contribution < 1.29 is 4.74 Å². The lowest BCUT2D eigenvalue weighted by Crippen LogP contribution is -2.35. The first-order valence-electron chi connectivity index (χ1n) is 6.31.